The van der Waals surface area contributed by atoms with E-state index in [4.69, 9.17) is 4.74 Å². The van der Waals surface area contributed by atoms with Gasteiger partial charge in [0.15, 0.2) is 16.4 Å². The van der Waals surface area contributed by atoms with E-state index in [2.05, 4.69) is 20.9 Å². The van der Waals surface area contributed by atoms with Crippen LogP contribution in [0.2, 0.25) is 0 Å². The van der Waals surface area contributed by atoms with Crippen molar-refractivity contribution in [2.45, 2.75) is 28.6 Å². The minimum Gasteiger partial charge on any atom is -0.392 e. The van der Waals surface area contributed by atoms with Gasteiger partial charge in [-0.2, -0.15) is 0 Å². The largest absolute Gasteiger partial charge is 0.392 e. The van der Waals surface area contributed by atoms with Crippen molar-refractivity contribution in [2.75, 3.05) is 6.61 Å². The molecule has 3 rings (SSSR count). The summed E-state index contributed by atoms with van der Waals surface area (Å²) in [7, 11) is 0. The Kier molecular flexibility index (Phi) is 3.81. The van der Waals surface area contributed by atoms with Crippen molar-refractivity contribution in [3.8, 4) is 0 Å². The molecule has 0 unspecified atom stereocenters. The summed E-state index contributed by atoms with van der Waals surface area (Å²) in [6.45, 7) is -0.720. The molecule has 7 nitrogen and oxygen atoms in total. The smallest absolute Gasteiger partial charge is 0.186 e. The SMILES string of the molecule is OC[C@@]1(Br)O[C@@H](O)[C@H](O)[C@](O)(c2c[nH]c3ccccc23)[C@@H]1O. The molecule has 1 saturated heterocycles. The zero-order chi connectivity index (χ0) is 16.1. The van der Waals surface area contributed by atoms with Crippen LogP contribution in [0.5, 0.6) is 0 Å². The van der Waals surface area contributed by atoms with E-state index in [1.807, 2.05) is 0 Å². The summed E-state index contributed by atoms with van der Waals surface area (Å²) in [5.41, 5.74) is -1.36. The van der Waals surface area contributed by atoms with Gasteiger partial charge in [0.2, 0.25) is 0 Å². The van der Waals surface area contributed by atoms with Gasteiger partial charge in [-0.1, -0.05) is 18.2 Å². The molecule has 2 heterocycles. The van der Waals surface area contributed by atoms with Crippen LogP contribution in [-0.4, -0.2) is 60.1 Å². The maximum atomic E-state index is 11.0. The number of para-hydroxylation sites is 1. The summed E-state index contributed by atoms with van der Waals surface area (Å²) >= 11 is 2.99. The van der Waals surface area contributed by atoms with E-state index in [1.54, 1.807) is 24.3 Å². The summed E-state index contributed by atoms with van der Waals surface area (Å²) in [5.74, 6) is 0. The van der Waals surface area contributed by atoms with Crippen LogP contribution < -0.4 is 0 Å². The number of hydrogen-bond donors (Lipinski definition) is 6. The van der Waals surface area contributed by atoms with Crippen molar-refractivity contribution in [1.29, 1.82) is 0 Å². The van der Waals surface area contributed by atoms with Crippen LogP contribution in [0.3, 0.4) is 0 Å². The minimum atomic E-state index is -2.25. The molecular weight excluding hydrogens is 358 g/mol. The van der Waals surface area contributed by atoms with Crippen molar-refractivity contribution in [3.05, 3.63) is 36.0 Å². The minimum absolute atomic E-state index is 0.197. The third-order valence-corrected chi connectivity index (χ3v) is 4.97. The molecule has 2 aromatic rings. The van der Waals surface area contributed by atoms with Crippen molar-refractivity contribution in [2.24, 2.45) is 0 Å². The van der Waals surface area contributed by atoms with Crippen molar-refractivity contribution >= 4 is 26.8 Å². The monoisotopic (exact) mass is 373 g/mol. The van der Waals surface area contributed by atoms with Crippen molar-refractivity contribution < 1.29 is 30.3 Å². The van der Waals surface area contributed by atoms with E-state index in [-0.39, 0.29) is 5.56 Å². The highest BCUT2D eigenvalue weighted by atomic mass is 79.9. The first-order valence-electron chi connectivity index (χ1n) is 6.65. The molecule has 0 aliphatic carbocycles. The summed E-state index contributed by atoms with van der Waals surface area (Å²) < 4.78 is 3.20. The summed E-state index contributed by atoms with van der Waals surface area (Å²) in [5, 5.41) is 51.6. The number of nitrogens with one attached hydrogen (secondary N) is 1. The molecule has 5 atom stereocenters. The lowest BCUT2D eigenvalue weighted by Crippen LogP contribution is -2.68. The summed E-state index contributed by atoms with van der Waals surface area (Å²) in [6.07, 6.45) is -3.89. The van der Waals surface area contributed by atoms with Gasteiger partial charge in [0.1, 0.15) is 12.2 Å². The summed E-state index contributed by atoms with van der Waals surface area (Å²) in [4.78, 5) is 2.93. The second kappa shape index (κ2) is 5.27. The molecule has 1 aromatic carbocycles. The number of benzene rings is 1. The van der Waals surface area contributed by atoms with Gasteiger partial charge in [0.25, 0.3) is 0 Å². The molecule has 6 N–H and O–H groups in total. The third-order valence-electron chi connectivity index (χ3n) is 4.10. The fraction of sp³-hybridized carbons (Fsp3) is 0.429. The first kappa shape index (κ1) is 15.9. The molecule has 1 aliphatic heterocycles. The molecule has 8 heteroatoms. The van der Waals surface area contributed by atoms with Crippen LogP contribution in [0.1, 0.15) is 5.56 Å². The number of H-pyrrole nitrogens is 1. The number of hydrogen-bond acceptors (Lipinski definition) is 6. The molecule has 1 fully saturated rings. The molecule has 0 radical (unpaired) electrons. The lowest BCUT2D eigenvalue weighted by Gasteiger charge is -2.50. The van der Waals surface area contributed by atoms with Crippen molar-refractivity contribution in [3.63, 3.8) is 0 Å². The number of fused-ring (bicyclic) bond motifs is 1. The number of aliphatic hydroxyl groups is 5. The lowest BCUT2D eigenvalue weighted by molar-refractivity contribution is -0.334. The van der Waals surface area contributed by atoms with Crippen LogP contribution in [0.25, 0.3) is 10.9 Å². The fourth-order valence-corrected chi connectivity index (χ4v) is 3.41. The van der Waals surface area contributed by atoms with Crippen LogP contribution in [-0.2, 0) is 10.3 Å². The van der Waals surface area contributed by atoms with Crippen LogP contribution in [0, 0.1) is 0 Å². The number of ether oxygens (including phenoxy) is 1. The van der Waals surface area contributed by atoms with Gasteiger partial charge in [-0.05, 0) is 22.0 Å². The van der Waals surface area contributed by atoms with Gasteiger partial charge in [0.05, 0.1) is 6.61 Å². The first-order chi connectivity index (χ1) is 10.3. The predicted octanol–water partition coefficient (Wildman–Crippen LogP) is -0.491. The standard InChI is InChI=1S/C14H16BrNO6/c15-13(6-17)12(20)14(21,10(18)11(19)22-13)8-5-16-9-4-2-1-3-7(8)9/h1-5,10-12,16-21H,6H2/t10-,11+,12+,13+,14+/m0/s1. The molecule has 120 valence electrons. The Morgan fingerprint density at radius 1 is 1.23 bits per heavy atom. The molecule has 0 amide bonds. The Bertz CT molecular complexity index is 693. The number of aromatic amines is 1. The summed E-state index contributed by atoms with van der Waals surface area (Å²) in [6, 6.07) is 7.01. The van der Waals surface area contributed by atoms with Crippen LogP contribution in [0.4, 0.5) is 0 Å². The zero-order valence-electron chi connectivity index (χ0n) is 11.3. The second-order valence-corrected chi connectivity index (χ2v) is 6.72. The van der Waals surface area contributed by atoms with Gasteiger partial charge in [0, 0.05) is 22.7 Å². The average molecular weight is 374 g/mol. The highest BCUT2D eigenvalue weighted by Crippen LogP contribution is 2.46. The number of aliphatic hydroxyl groups excluding tert-OH is 4. The second-order valence-electron chi connectivity index (χ2n) is 5.37. The lowest BCUT2D eigenvalue weighted by atomic mass is 9.78. The molecule has 22 heavy (non-hydrogen) atoms. The highest BCUT2D eigenvalue weighted by molar-refractivity contribution is 9.10. The molecule has 1 aliphatic rings. The number of halogens is 1. The third kappa shape index (κ3) is 2.04. The van der Waals surface area contributed by atoms with Gasteiger partial charge in [-0.15, -0.1) is 0 Å². The Balaban J connectivity index is 2.20. The van der Waals surface area contributed by atoms with E-state index in [1.165, 1.54) is 6.20 Å². The number of aromatic nitrogens is 1. The quantitative estimate of drug-likeness (QED) is 0.394. The molecule has 1 aromatic heterocycles. The fourth-order valence-electron chi connectivity index (χ4n) is 2.87. The van der Waals surface area contributed by atoms with E-state index in [0.29, 0.717) is 10.9 Å². The Hall–Kier alpha value is -1.00. The predicted molar refractivity (Wildman–Crippen MR) is 80.0 cm³/mol. The van der Waals surface area contributed by atoms with E-state index >= 15 is 0 Å². The van der Waals surface area contributed by atoms with E-state index in [9.17, 15) is 25.5 Å². The van der Waals surface area contributed by atoms with Crippen LogP contribution >= 0.6 is 15.9 Å². The number of rotatable bonds is 2. The van der Waals surface area contributed by atoms with Gasteiger partial charge >= 0.3 is 0 Å². The first-order valence-corrected chi connectivity index (χ1v) is 7.44. The Morgan fingerprint density at radius 2 is 1.91 bits per heavy atom. The molecule has 0 bridgehead atoms. The van der Waals surface area contributed by atoms with Gasteiger partial charge in [-0.25, -0.2) is 0 Å². The average Bonchev–Trinajstić information content (AvgIpc) is 2.95. The maximum absolute atomic E-state index is 11.0. The zero-order valence-corrected chi connectivity index (χ0v) is 12.9. The molecule has 0 saturated carbocycles. The van der Waals surface area contributed by atoms with Crippen molar-refractivity contribution in [1.82, 2.24) is 4.98 Å². The topological polar surface area (TPSA) is 126 Å². The maximum Gasteiger partial charge on any atom is 0.186 e. The van der Waals surface area contributed by atoms with Gasteiger partial charge in [-0.3, -0.25) is 0 Å². The van der Waals surface area contributed by atoms with Gasteiger partial charge < -0.3 is 35.3 Å². The van der Waals surface area contributed by atoms with E-state index < -0.39 is 35.2 Å². The number of alkyl halides is 1. The molecular formula is C14H16BrNO6. The molecule has 0 spiro atoms. The van der Waals surface area contributed by atoms with Crippen LogP contribution in [0.15, 0.2) is 30.5 Å². The normalized spacial score (nSPS) is 39.3. The Labute approximate surface area is 133 Å². The highest BCUT2D eigenvalue weighted by Gasteiger charge is 2.62. The van der Waals surface area contributed by atoms with E-state index in [0.717, 1.165) is 0 Å². The Morgan fingerprint density at radius 3 is 2.59 bits per heavy atom.